The molecule has 1 saturated carbocycles. The zero-order valence-corrected chi connectivity index (χ0v) is 11.5. The molecule has 1 fully saturated rings. The molecular formula is C12H11BrN2OS. The minimum atomic E-state index is -0.0708. The molecule has 0 spiro atoms. The van der Waals surface area contributed by atoms with Crippen molar-refractivity contribution in [2.24, 2.45) is 0 Å². The smallest absolute Gasteiger partial charge is 0.247 e. The van der Waals surface area contributed by atoms with Gasteiger partial charge in [0.05, 0.1) is 9.86 Å². The fourth-order valence-corrected chi connectivity index (χ4v) is 2.84. The summed E-state index contributed by atoms with van der Waals surface area (Å²) < 4.78 is 1.04. The Balaban J connectivity index is 1.99. The van der Waals surface area contributed by atoms with Crippen LogP contribution < -0.4 is 0 Å². The summed E-state index contributed by atoms with van der Waals surface area (Å²) in [6.45, 7) is 0.183. The van der Waals surface area contributed by atoms with Crippen molar-refractivity contribution >= 4 is 39.2 Å². The van der Waals surface area contributed by atoms with Crippen LogP contribution in [0, 0.1) is 11.3 Å². The average molecular weight is 311 g/mol. The van der Waals surface area contributed by atoms with E-state index in [0.717, 1.165) is 21.5 Å². The quantitative estimate of drug-likeness (QED) is 0.634. The van der Waals surface area contributed by atoms with E-state index in [4.69, 9.17) is 5.26 Å². The summed E-state index contributed by atoms with van der Waals surface area (Å²) in [5.41, 5.74) is 0. The third-order valence-electron chi connectivity index (χ3n) is 2.50. The highest BCUT2D eigenvalue weighted by atomic mass is 79.9. The zero-order valence-electron chi connectivity index (χ0n) is 9.10. The first-order valence-electron chi connectivity index (χ1n) is 5.31. The van der Waals surface area contributed by atoms with Crippen LogP contribution in [0.3, 0.4) is 0 Å². The van der Waals surface area contributed by atoms with Gasteiger partial charge in [0.1, 0.15) is 6.54 Å². The van der Waals surface area contributed by atoms with E-state index in [-0.39, 0.29) is 18.5 Å². The lowest BCUT2D eigenvalue weighted by Gasteiger charge is -2.16. The van der Waals surface area contributed by atoms with Crippen LogP contribution >= 0.6 is 27.3 Å². The van der Waals surface area contributed by atoms with Crippen LogP contribution in [-0.4, -0.2) is 23.4 Å². The van der Waals surface area contributed by atoms with Gasteiger partial charge in [0, 0.05) is 17.0 Å². The second kappa shape index (κ2) is 5.48. The van der Waals surface area contributed by atoms with Crippen LogP contribution in [0.5, 0.6) is 0 Å². The lowest BCUT2D eigenvalue weighted by atomic mass is 10.3. The molecule has 0 unspecified atom stereocenters. The second-order valence-corrected chi connectivity index (χ2v) is 6.33. The molecule has 3 nitrogen and oxygen atoms in total. The minimum Gasteiger partial charge on any atom is -0.323 e. The molecule has 1 heterocycles. The van der Waals surface area contributed by atoms with E-state index >= 15 is 0 Å². The number of thiophene rings is 1. The van der Waals surface area contributed by atoms with Gasteiger partial charge in [0.2, 0.25) is 5.91 Å². The van der Waals surface area contributed by atoms with Gasteiger partial charge in [-0.15, -0.1) is 11.3 Å². The number of nitrogens with zero attached hydrogens (tertiary/aromatic N) is 2. The molecule has 0 N–H and O–H groups in total. The van der Waals surface area contributed by atoms with Gasteiger partial charge in [0.25, 0.3) is 0 Å². The fraction of sp³-hybridized carbons (Fsp3) is 0.333. The Labute approximate surface area is 112 Å². The molecule has 0 saturated heterocycles. The van der Waals surface area contributed by atoms with Crippen molar-refractivity contribution < 1.29 is 4.79 Å². The second-order valence-electron chi connectivity index (χ2n) is 3.83. The van der Waals surface area contributed by atoms with Crippen LogP contribution in [0.4, 0.5) is 0 Å². The monoisotopic (exact) mass is 310 g/mol. The first-order valence-corrected chi connectivity index (χ1v) is 6.92. The number of amides is 1. The number of nitriles is 1. The van der Waals surface area contributed by atoms with E-state index in [1.54, 1.807) is 28.4 Å². The van der Waals surface area contributed by atoms with E-state index < -0.39 is 0 Å². The van der Waals surface area contributed by atoms with E-state index in [0.29, 0.717) is 0 Å². The molecular weight excluding hydrogens is 300 g/mol. The summed E-state index contributed by atoms with van der Waals surface area (Å²) in [7, 11) is 0. The Bertz CT molecular complexity index is 485. The molecule has 0 aromatic carbocycles. The van der Waals surface area contributed by atoms with E-state index in [1.807, 2.05) is 18.2 Å². The van der Waals surface area contributed by atoms with Gasteiger partial charge in [-0.3, -0.25) is 4.79 Å². The minimum absolute atomic E-state index is 0.0708. The third kappa shape index (κ3) is 3.42. The normalized spacial score (nSPS) is 14.8. The summed E-state index contributed by atoms with van der Waals surface area (Å²) in [6, 6.07) is 6.21. The summed E-state index contributed by atoms with van der Waals surface area (Å²) >= 11 is 4.95. The van der Waals surface area contributed by atoms with Gasteiger partial charge in [-0.05, 0) is 47.0 Å². The summed E-state index contributed by atoms with van der Waals surface area (Å²) in [4.78, 5) is 14.5. The summed E-state index contributed by atoms with van der Waals surface area (Å²) in [6.07, 6.45) is 5.38. The van der Waals surface area contributed by atoms with Crippen LogP contribution in [-0.2, 0) is 4.79 Å². The lowest BCUT2D eigenvalue weighted by molar-refractivity contribution is -0.125. The Morgan fingerprint density at radius 3 is 2.94 bits per heavy atom. The summed E-state index contributed by atoms with van der Waals surface area (Å²) in [5, 5.41) is 8.68. The highest BCUT2D eigenvalue weighted by molar-refractivity contribution is 9.11. The van der Waals surface area contributed by atoms with Crippen LogP contribution in [0.2, 0.25) is 0 Å². The van der Waals surface area contributed by atoms with Gasteiger partial charge >= 0.3 is 0 Å². The van der Waals surface area contributed by atoms with Gasteiger partial charge in [0.15, 0.2) is 0 Å². The van der Waals surface area contributed by atoms with E-state index in [2.05, 4.69) is 15.9 Å². The van der Waals surface area contributed by atoms with Gasteiger partial charge in [-0.2, -0.15) is 5.26 Å². The molecule has 1 aliphatic rings. The molecule has 1 aromatic heterocycles. The molecule has 5 heteroatoms. The molecule has 1 aliphatic carbocycles. The number of carbonyl (C=O) groups is 1. The molecule has 17 heavy (non-hydrogen) atoms. The topological polar surface area (TPSA) is 44.1 Å². The SMILES string of the molecule is N#CCN(C(=O)/C=C\c1ccc(Br)s1)C1CC1. The van der Waals surface area contributed by atoms with E-state index in [9.17, 15) is 4.79 Å². The number of hydrogen-bond acceptors (Lipinski definition) is 3. The largest absolute Gasteiger partial charge is 0.323 e. The highest BCUT2D eigenvalue weighted by Gasteiger charge is 2.31. The van der Waals surface area contributed by atoms with Crippen molar-refractivity contribution in [2.45, 2.75) is 18.9 Å². The first kappa shape index (κ1) is 12.3. The van der Waals surface area contributed by atoms with Crippen molar-refractivity contribution in [1.29, 1.82) is 5.26 Å². The van der Waals surface area contributed by atoms with Gasteiger partial charge in [-0.25, -0.2) is 0 Å². The van der Waals surface area contributed by atoms with Crippen molar-refractivity contribution in [3.8, 4) is 6.07 Å². The molecule has 2 rings (SSSR count). The number of hydrogen-bond donors (Lipinski definition) is 0. The van der Waals surface area contributed by atoms with Crippen molar-refractivity contribution in [1.82, 2.24) is 4.90 Å². The number of carbonyl (C=O) groups excluding carboxylic acids is 1. The molecule has 88 valence electrons. The Hall–Kier alpha value is -1.12. The summed E-state index contributed by atoms with van der Waals surface area (Å²) in [5.74, 6) is -0.0708. The maximum atomic E-state index is 11.9. The van der Waals surface area contributed by atoms with Crippen molar-refractivity contribution in [3.63, 3.8) is 0 Å². The molecule has 0 atom stereocenters. The van der Waals surface area contributed by atoms with Crippen LogP contribution in [0.15, 0.2) is 22.0 Å². The Morgan fingerprint density at radius 1 is 1.65 bits per heavy atom. The standard InChI is InChI=1S/C12H11BrN2OS/c13-11-5-3-10(17-11)4-6-12(16)15(8-7-14)9-1-2-9/h3-6,9H,1-2,8H2/b6-4-. The maximum absolute atomic E-state index is 11.9. The average Bonchev–Trinajstić information content (AvgIpc) is 3.06. The highest BCUT2D eigenvalue weighted by Crippen LogP contribution is 2.27. The van der Waals surface area contributed by atoms with Gasteiger partial charge < -0.3 is 4.90 Å². The Morgan fingerprint density at radius 2 is 2.41 bits per heavy atom. The molecule has 1 aromatic rings. The third-order valence-corrected chi connectivity index (χ3v) is 4.08. The maximum Gasteiger partial charge on any atom is 0.247 e. The Kier molecular flexibility index (Phi) is 3.97. The molecule has 0 aliphatic heterocycles. The molecule has 0 bridgehead atoms. The first-order chi connectivity index (χ1) is 8.20. The number of halogens is 1. The zero-order chi connectivity index (χ0) is 12.3. The lowest BCUT2D eigenvalue weighted by Crippen LogP contribution is -2.31. The predicted molar refractivity (Wildman–Crippen MR) is 71.4 cm³/mol. The van der Waals surface area contributed by atoms with Crippen molar-refractivity contribution in [3.05, 3.63) is 26.9 Å². The van der Waals surface area contributed by atoms with Crippen LogP contribution in [0.25, 0.3) is 6.08 Å². The van der Waals surface area contributed by atoms with Crippen LogP contribution in [0.1, 0.15) is 17.7 Å². The molecule has 1 amide bonds. The van der Waals surface area contributed by atoms with Gasteiger partial charge in [-0.1, -0.05) is 0 Å². The van der Waals surface area contributed by atoms with Crippen molar-refractivity contribution in [2.75, 3.05) is 6.54 Å². The van der Waals surface area contributed by atoms with E-state index in [1.165, 1.54) is 0 Å². The fourth-order valence-electron chi connectivity index (χ4n) is 1.52. The predicted octanol–water partition coefficient (Wildman–Crippen LogP) is 3.04. The number of rotatable bonds is 4. The molecule has 0 radical (unpaired) electrons.